The number of nitrogens with zero attached hydrogens (tertiary/aromatic N) is 2. The molecule has 2 aromatic carbocycles. The zero-order chi connectivity index (χ0) is 18.6. The predicted molar refractivity (Wildman–Crippen MR) is 110 cm³/mol. The number of aryl methyl sites for hydroxylation is 1. The average molecular weight is 362 g/mol. The van der Waals surface area contributed by atoms with E-state index in [0.29, 0.717) is 12.3 Å². The molecule has 1 aliphatic heterocycles. The lowest BCUT2D eigenvalue weighted by atomic mass is 9.93. The first-order chi connectivity index (χ1) is 13.2. The van der Waals surface area contributed by atoms with Crippen molar-refractivity contribution in [3.63, 3.8) is 0 Å². The van der Waals surface area contributed by atoms with E-state index in [1.807, 2.05) is 49.5 Å². The Morgan fingerprint density at radius 2 is 2.00 bits per heavy atom. The van der Waals surface area contributed by atoms with Crippen molar-refractivity contribution < 1.29 is 4.79 Å². The summed E-state index contributed by atoms with van der Waals surface area (Å²) in [6.07, 6.45) is 3.91. The zero-order valence-corrected chi connectivity index (χ0v) is 15.7. The molecule has 0 atom stereocenters. The topological polar surface area (TPSA) is 59.0 Å². The molecule has 0 unspecified atom stereocenters. The summed E-state index contributed by atoms with van der Waals surface area (Å²) in [5, 5.41) is 6.42. The maximum atomic E-state index is 12.4. The molecule has 4 rings (SSSR count). The van der Waals surface area contributed by atoms with Crippen molar-refractivity contribution in [2.24, 2.45) is 13.0 Å². The van der Waals surface area contributed by atoms with Crippen LogP contribution in [0, 0.1) is 5.92 Å². The van der Waals surface area contributed by atoms with E-state index in [0.717, 1.165) is 47.6 Å². The summed E-state index contributed by atoms with van der Waals surface area (Å²) < 4.78 is 2.09. The summed E-state index contributed by atoms with van der Waals surface area (Å²) in [6, 6.07) is 16.1. The van der Waals surface area contributed by atoms with Crippen molar-refractivity contribution in [2.45, 2.75) is 25.7 Å². The van der Waals surface area contributed by atoms with Gasteiger partial charge in [0.25, 0.3) is 0 Å². The van der Waals surface area contributed by atoms with Gasteiger partial charge in [0.05, 0.1) is 11.0 Å². The first-order valence-corrected chi connectivity index (χ1v) is 9.73. The normalized spacial score (nSPS) is 15.1. The SMILES string of the molecule is Cn1c(-c2cccc(NC(=O)CCC3CCNCC3)c2)nc2ccccc21. The van der Waals surface area contributed by atoms with E-state index < -0.39 is 0 Å². The maximum absolute atomic E-state index is 12.4. The standard InChI is InChI=1S/C22H26N4O/c1-26-20-8-3-2-7-19(20)25-22(26)17-5-4-6-18(15-17)24-21(27)10-9-16-11-13-23-14-12-16/h2-8,15-16,23H,9-14H2,1H3,(H,24,27). The van der Waals surface area contributed by atoms with Crippen LogP contribution in [0.3, 0.4) is 0 Å². The highest BCUT2D eigenvalue weighted by atomic mass is 16.1. The third-order valence-electron chi connectivity index (χ3n) is 5.43. The number of aromatic nitrogens is 2. The Bertz CT molecular complexity index is 940. The van der Waals surface area contributed by atoms with Crippen LogP contribution in [0.1, 0.15) is 25.7 Å². The Hall–Kier alpha value is -2.66. The molecule has 0 aliphatic carbocycles. The Kier molecular flexibility index (Phi) is 5.21. The van der Waals surface area contributed by atoms with E-state index in [4.69, 9.17) is 4.98 Å². The van der Waals surface area contributed by atoms with Crippen molar-refractivity contribution in [3.8, 4) is 11.4 Å². The van der Waals surface area contributed by atoms with Crippen LogP contribution in [0.15, 0.2) is 48.5 Å². The highest BCUT2D eigenvalue weighted by molar-refractivity contribution is 5.91. The number of carbonyl (C=O) groups excluding carboxylic acids is 1. The van der Waals surface area contributed by atoms with Gasteiger partial charge in [0.1, 0.15) is 5.82 Å². The lowest BCUT2D eigenvalue weighted by molar-refractivity contribution is -0.116. The molecule has 0 bridgehead atoms. The number of anilines is 1. The average Bonchev–Trinajstić information content (AvgIpc) is 3.04. The summed E-state index contributed by atoms with van der Waals surface area (Å²) in [6.45, 7) is 2.15. The van der Waals surface area contributed by atoms with Crippen molar-refractivity contribution in [3.05, 3.63) is 48.5 Å². The summed E-state index contributed by atoms with van der Waals surface area (Å²) in [5.74, 6) is 1.67. The number of carbonyl (C=O) groups is 1. The smallest absolute Gasteiger partial charge is 0.224 e. The first kappa shape index (κ1) is 17.7. The van der Waals surface area contributed by atoms with E-state index in [1.54, 1.807) is 0 Å². The molecule has 0 radical (unpaired) electrons. The molecule has 0 saturated carbocycles. The predicted octanol–water partition coefficient (Wildman–Crippen LogP) is 3.96. The molecule has 2 N–H and O–H groups in total. The molecule has 1 saturated heterocycles. The van der Waals surface area contributed by atoms with Crippen LogP contribution in [-0.4, -0.2) is 28.5 Å². The van der Waals surface area contributed by atoms with Gasteiger partial charge in [0.2, 0.25) is 5.91 Å². The van der Waals surface area contributed by atoms with Crippen LogP contribution in [0.5, 0.6) is 0 Å². The van der Waals surface area contributed by atoms with Crippen LogP contribution in [0.25, 0.3) is 22.4 Å². The highest BCUT2D eigenvalue weighted by Crippen LogP contribution is 2.26. The Morgan fingerprint density at radius 3 is 2.81 bits per heavy atom. The second-order valence-corrected chi connectivity index (χ2v) is 7.34. The van der Waals surface area contributed by atoms with Gasteiger partial charge in [-0.1, -0.05) is 24.3 Å². The number of piperidine rings is 1. The second kappa shape index (κ2) is 7.92. The molecule has 140 valence electrons. The lowest BCUT2D eigenvalue weighted by Gasteiger charge is -2.22. The molecule has 0 spiro atoms. The van der Waals surface area contributed by atoms with Gasteiger partial charge in [-0.05, 0) is 62.5 Å². The second-order valence-electron chi connectivity index (χ2n) is 7.34. The Morgan fingerprint density at radius 1 is 1.19 bits per heavy atom. The summed E-state index contributed by atoms with van der Waals surface area (Å²) in [5.41, 5.74) is 3.91. The number of hydrogen-bond donors (Lipinski definition) is 2. The van der Waals surface area contributed by atoms with Crippen molar-refractivity contribution in [1.82, 2.24) is 14.9 Å². The van der Waals surface area contributed by atoms with Gasteiger partial charge >= 0.3 is 0 Å². The molecule has 5 heteroatoms. The number of rotatable bonds is 5. The number of benzene rings is 2. The number of hydrogen-bond acceptors (Lipinski definition) is 3. The lowest BCUT2D eigenvalue weighted by Crippen LogP contribution is -2.28. The van der Waals surface area contributed by atoms with Crippen molar-refractivity contribution in [1.29, 1.82) is 0 Å². The molecule has 5 nitrogen and oxygen atoms in total. The van der Waals surface area contributed by atoms with Gasteiger partial charge in [-0.2, -0.15) is 0 Å². The number of nitrogens with one attached hydrogen (secondary N) is 2. The fourth-order valence-corrected chi connectivity index (χ4v) is 3.87. The van der Waals surface area contributed by atoms with E-state index in [-0.39, 0.29) is 5.91 Å². The molecular formula is C22H26N4O. The fraction of sp³-hybridized carbons (Fsp3) is 0.364. The minimum atomic E-state index is 0.0932. The van der Waals surface area contributed by atoms with Crippen LogP contribution in [0.2, 0.25) is 0 Å². The molecule has 27 heavy (non-hydrogen) atoms. The minimum Gasteiger partial charge on any atom is -0.327 e. The third kappa shape index (κ3) is 4.03. The molecule has 2 heterocycles. The van der Waals surface area contributed by atoms with Crippen molar-refractivity contribution >= 4 is 22.6 Å². The molecule has 1 fully saturated rings. The van der Waals surface area contributed by atoms with E-state index >= 15 is 0 Å². The van der Waals surface area contributed by atoms with Gasteiger partial charge in [0.15, 0.2) is 0 Å². The van der Waals surface area contributed by atoms with E-state index in [1.165, 1.54) is 12.8 Å². The van der Waals surface area contributed by atoms with Crippen LogP contribution in [-0.2, 0) is 11.8 Å². The monoisotopic (exact) mass is 362 g/mol. The summed E-state index contributed by atoms with van der Waals surface area (Å²) in [7, 11) is 2.02. The number of amides is 1. The van der Waals surface area contributed by atoms with Crippen molar-refractivity contribution in [2.75, 3.05) is 18.4 Å². The molecule has 1 aliphatic rings. The minimum absolute atomic E-state index is 0.0932. The zero-order valence-electron chi connectivity index (χ0n) is 15.7. The van der Waals surface area contributed by atoms with Crippen LogP contribution < -0.4 is 10.6 Å². The summed E-state index contributed by atoms with van der Waals surface area (Å²) >= 11 is 0. The van der Waals surface area contributed by atoms with Gasteiger partial charge < -0.3 is 15.2 Å². The Balaban J connectivity index is 1.45. The highest BCUT2D eigenvalue weighted by Gasteiger charge is 2.15. The van der Waals surface area contributed by atoms with Gasteiger partial charge in [0, 0.05) is 24.7 Å². The largest absolute Gasteiger partial charge is 0.327 e. The quantitative estimate of drug-likeness (QED) is 0.722. The van der Waals surface area contributed by atoms with Gasteiger partial charge in [-0.15, -0.1) is 0 Å². The Labute approximate surface area is 159 Å². The number of imidazole rings is 1. The summed E-state index contributed by atoms with van der Waals surface area (Å²) in [4.78, 5) is 17.1. The number of fused-ring (bicyclic) bond motifs is 1. The van der Waals surface area contributed by atoms with Crippen LogP contribution in [0.4, 0.5) is 5.69 Å². The number of para-hydroxylation sites is 2. The molecule has 1 amide bonds. The van der Waals surface area contributed by atoms with E-state index in [9.17, 15) is 4.79 Å². The molecule has 1 aromatic heterocycles. The van der Waals surface area contributed by atoms with E-state index in [2.05, 4.69) is 21.3 Å². The third-order valence-corrected chi connectivity index (χ3v) is 5.43. The first-order valence-electron chi connectivity index (χ1n) is 9.73. The maximum Gasteiger partial charge on any atom is 0.224 e. The molecular weight excluding hydrogens is 336 g/mol. The van der Waals surface area contributed by atoms with Gasteiger partial charge in [-0.25, -0.2) is 4.98 Å². The molecule has 3 aromatic rings. The fourth-order valence-electron chi connectivity index (χ4n) is 3.87. The van der Waals surface area contributed by atoms with Crippen LogP contribution >= 0.6 is 0 Å². The van der Waals surface area contributed by atoms with Gasteiger partial charge in [-0.3, -0.25) is 4.79 Å².